The highest BCUT2D eigenvalue weighted by Gasteiger charge is 2.27. The van der Waals surface area contributed by atoms with Crippen LogP contribution in [0.4, 0.5) is 5.69 Å². The standard InChI is InChI=1S/C15H16ClN3OS/c1-10-8-19(15(20)12-5-6-17-18(12)2)13-7-11(16)3-4-14(13)21-9-10/h3-7,10H,8-9H2,1-2H3/t10-/m0/s1. The molecule has 1 amide bonds. The van der Waals surface area contributed by atoms with E-state index >= 15 is 0 Å². The highest BCUT2D eigenvalue weighted by Crippen LogP contribution is 2.37. The van der Waals surface area contributed by atoms with E-state index in [1.54, 1.807) is 35.8 Å². The van der Waals surface area contributed by atoms with Gasteiger partial charge in [0, 0.05) is 35.5 Å². The zero-order chi connectivity index (χ0) is 15.0. The minimum atomic E-state index is -0.0344. The normalized spacial score (nSPS) is 18.2. The first-order valence-corrected chi connectivity index (χ1v) is 8.15. The molecule has 0 saturated heterocycles. The Bertz CT molecular complexity index is 685. The van der Waals surface area contributed by atoms with E-state index in [-0.39, 0.29) is 5.91 Å². The van der Waals surface area contributed by atoms with Gasteiger partial charge in [0.05, 0.1) is 5.69 Å². The molecule has 0 radical (unpaired) electrons. The van der Waals surface area contributed by atoms with Crippen molar-refractivity contribution in [2.45, 2.75) is 11.8 Å². The molecule has 3 rings (SSSR count). The Morgan fingerprint density at radius 2 is 2.24 bits per heavy atom. The highest BCUT2D eigenvalue weighted by atomic mass is 35.5. The molecule has 1 aliphatic rings. The number of nitrogens with zero attached hydrogens (tertiary/aromatic N) is 3. The van der Waals surface area contributed by atoms with Gasteiger partial charge in [-0.25, -0.2) is 0 Å². The number of aryl methyl sites for hydroxylation is 1. The Balaban J connectivity index is 2.06. The summed E-state index contributed by atoms with van der Waals surface area (Å²) < 4.78 is 1.61. The fraction of sp³-hybridized carbons (Fsp3) is 0.333. The molecule has 4 nitrogen and oxygen atoms in total. The topological polar surface area (TPSA) is 38.1 Å². The SMILES string of the molecule is C[C@@H]1CSc2ccc(Cl)cc2N(C(=O)c2ccnn2C)C1. The summed E-state index contributed by atoms with van der Waals surface area (Å²) in [5.74, 6) is 1.37. The molecular formula is C15H16ClN3OS. The van der Waals surface area contributed by atoms with Crippen LogP contribution in [0.15, 0.2) is 35.4 Å². The van der Waals surface area contributed by atoms with Crippen LogP contribution in [-0.4, -0.2) is 28.0 Å². The largest absolute Gasteiger partial charge is 0.306 e. The van der Waals surface area contributed by atoms with Crippen LogP contribution in [0, 0.1) is 5.92 Å². The van der Waals surface area contributed by atoms with E-state index in [9.17, 15) is 4.79 Å². The molecule has 0 fully saturated rings. The quantitative estimate of drug-likeness (QED) is 0.807. The summed E-state index contributed by atoms with van der Waals surface area (Å²) in [6, 6.07) is 7.48. The van der Waals surface area contributed by atoms with Crippen molar-refractivity contribution in [1.29, 1.82) is 0 Å². The molecule has 0 saturated carbocycles. The zero-order valence-corrected chi connectivity index (χ0v) is 13.5. The molecule has 0 aliphatic carbocycles. The van der Waals surface area contributed by atoms with Crippen molar-refractivity contribution in [1.82, 2.24) is 9.78 Å². The lowest BCUT2D eigenvalue weighted by atomic mass is 10.1. The fourth-order valence-corrected chi connectivity index (χ4v) is 3.65. The van der Waals surface area contributed by atoms with Gasteiger partial charge in [-0.3, -0.25) is 9.48 Å². The summed E-state index contributed by atoms with van der Waals surface area (Å²) in [5, 5.41) is 4.73. The van der Waals surface area contributed by atoms with Crippen molar-refractivity contribution in [2.75, 3.05) is 17.2 Å². The Morgan fingerprint density at radius 1 is 1.43 bits per heavy atom. The lowest BCUT2D eigenvalue weighted by molar-refractivity contribution is 0.0975. The van der Waals surface area contributed by atoms with Crippen LogP contribution >= 0.6 is 23.4 Å². The van der Waals surface area contributed by atoms with E-state index in [1.165, 1.54) is 0 Å². The minimum absolute atomic E-state index is 0.0344. The molecule has 0 spiro atoms. The molecule has 1 aromatic carbocycles. The van der Waals surface area contributed by atoms with Crippen LogP contribution in [0.25, 0.3) is 0 Å². The van der Waals surface area contributed by atoms with Crippen LogP contribution in [0.1, 0.15) is 17.4 Å². The van der Waals surface area contributed by atoms with Crippen molar-refractivity contribution in [3.8, 4) is 0 Å². The van der Waals surface area contributed by atoms with E-state index in [2.05, 4.69) is 12.0 Å². The van der Waals surface area contributed by atoms with Crippen LogP contribution in [0.5, 0.6) is 0 Å². The first-order chi connectivity index (χ1) is 10.1. The maximum absolute atomic E-state index is 12.9. The number of aromatic nitrogens is 2. The predicted octanol–water partition coefficient (Wildman–Crippen LogP) is 3.46. The van der Waals surface area contributed by atoms with Crippen LogP contribution in [-0.2, 0) is 7.05 Å². The van der Waals surface area contributed by atoms with E-state index in [4.69, 9.17) is 11.6 Å². The number of benzene rings is 1. The van der Waals surface area contributed by atoms with E-state index in [0.29, 0.717) is 23.2 Å². The summed E-state index contributed by atoms with van der Waals surface area (Å²) in [4.78, 5) is 15.8. The van der Waals surface area contributed by atoms with E-state index in [0.717, 1.165) is 16.3 Å². The second kappa shape index (κ2) is 5.73. The molecule has 1 aromatic heterocycles. The molecule has 6 heteroatoms. The average molecular weight is 322 g/mol. The van der Waals surface area contributed by atoms with Crippen molar-refractivity contribution < 1.29 is 4.79 Å². The van der Waals surface area contributed by atoms with Crippen molar-refractivity contribution in [3.05, 3.63) is 41.2 Å². The number of rotatable bonds is 1. The number of amides is 1. The monoisotopic (exact) mass is 321 g/mol. The molecule has 0 unspecified atom stereocenters. The highest BCUT2D eigenvalue weighted by molar-refractivity contribution is 7.99. The maximum Gasteiger partial charge on any atom is 0.276 e. The third-order valence-electron chi connectivity index (χ3n) is 3.51. The first kappa shape index (κ1) is 14.5. The van der Waals surface area contributed by atoms with Gasteiger partial charge in [0.1, 0.15) is 5.69 Å². The lowest BCUT2D eigenvalue weighted by Gasteiger charge is -2.24. The van der Waals surface area contributed by atoms with Gasteiger partial charge in [-0.15, -0.1) is 11.8 Å². The summed E-state index contributed by atoms with van der Waals surface area (Å²) >= 11 is 7.90. The molecule has 21 heavy (non-hydrogen) atoms. The molecule has 2 aromatic rings. The Morgan fingerprint density at radius 3 is 2.95 bits per heavy atom. The zero-order valence-electron chi connectivity index (χ0n) is 11.9. The van der Waals surface area contributed by atoms with Crippen LogP contribution in [0.3, 0.4) is 0 Å². The molecule has 1 atom stereocenters. The lowest BCUT2D eigenvalue weighted by Crippen LogP contribution is -2.35. The van der Waals surface area contributed by atoms with Gasteiger partial charge >= 0.3 is 0 Å². The smallest absolute Gasteiger partial charge is 0.276 e. The summed E-state index contributed by atoms with van der Waals surface area (Å²) in [6.07, 6.45) is 1.64. The first-order valence-electron chi connectivity index (χ1n) is 6.78. The van der Waals surface area contributed by atoms with Gasteiger partial charge in [-0.05, 0) is 30.2 Å². The molecule has 0 bridgehead atoms. The summed E-state index contributed by atoms with van der Waals surface area (Å²) in [6.45, 7) is 2.84. The number of carbonyl (C=O) groups is 1. The van der Waals surface area contributed by atoms with Crippen LogP contribution in [0.2, 0.25) is 5.02 Å². The average Bonchev–Trinajstić information content (AvgIpc) is 2.81. The number of hydrogen-bond donors (Lipinski definition) is 0. The number of fused-ring (bicyclic) bond motifs is 1. The van der Waals surface area contributed by atoms with Gasteiger partial charge in [0.15, 0.2) is 0 Å². The van der Waals surface area contributed by atoms with Gasteiger partial charge < -0.3 is 4.90 Å². The Labute approximate surface area is 133 Å². The van der Waals surface area contributed by atoms with Crippen molar-refractivity contribution in [2.24, 2.45) is 13.0 Å². The Kier molecular flexibility index (Phi) is 3.95. The maximum atomic E-state index is 12.9. The fourth-order valence-electron chi connectivity index (χ4n) is 2.43. The number of carbonyl (C=O) groups excluding carboxylic acids is 1. The molecule has 0 N–H and O–H groups in total. The minimum Gasteiger partial charge on any atom is -0.306 e. The number of hydrogen-bond acceptors (Lipinski definition) is 3. The van der Waals surface area contributed by atoms with Gasteiger partial charge in [-0.2, -0.15) is 5.10 Å². The predicted molar refractivity (Wildman–Crippen MR) is 86.2 cm³/mol. The molecular weight excluding hydrogens is 306 g/mol. The summed E-state index contributed by atoms with van der Waals surface area (Å²) in [5.41, 5.74) is 1.48. The van der Waals surface area contributed by atoms with Crippen LogP contribution < -0.4 is 4.90 Å². The van der Waals surface area contributed by atoms with E-state index in [1.807, 2.05) is 23.1 Å². The third-order valence-corrected chi connectivity index (χ3v) is 5.14. The number of thioether (sulfide) groups is 1. The number of halogens is 1. The Hall–Kier alpha value is -1.46. The second-order valence-corrected chi connectivity index (χ2v) is 6.78. The second-order valence-electron chi connectivity index (χ2n) is 5.28. The summed E-state index contributed by atoms with van der Waals surface area (Å²) in [7, 11) is 1.78. The molecule has 2 heterocycles. The van der Waals surface area contributed by atoms with Crippen molar-refractivity contribution in [3.63, 3.8) is 0 Å². The molecule has 110 valence electrons. The number of anilines is 1. The molecule has 1 aliphatic heterocycles. The van der Waals surface area contributed by atoms with Gasteiger partial charge in [0.25, 0.3) is 5.91 Å². The van der Waals surface area contributed by atoms with Crippen molar-refractivity contribution >= 4 is 35.0 Å². The van der Waals surface area contributed by atoms with Gasteiger partial charge in [0.2, 0.25) is 0 Å². The van der Waals surface area contributed by atoms with Gasteiger partial charge in [-0.1, -0.05) is 18.5 Å². The van der Waals surface area contributed by atoms with E-state index < -0.39 is 0 Å². The third kappa shape index (κ3) is 2.80.